The molecule has 1 atom stereocenters. The maximum Gasteiger partial charge on any atom is 0.231 e. The minimum absolute atomic E-state index is 0.203. The van der Waals surface area contributed by atoms with Crippen LogP contribution in [0.3, 0.4) is 0 Å². The smallest absolute Gasteiger partial charge is 0.231 e. The van der Waals surface area contributed by atoms with Gasteiger partial charge < -0.3 is 9.32 Å². The number of nitrogens with zero attached hydrogens (tertiary/aromatic N) is 2. The van der Waals surface area contributed by atoms with E-state index in [2.05, 4.69) is 35.2 Å². The molecule has 0 N–H and O–H groups in total. The molecule has 3 heterocycles. The lowest BCUT2D eigenvalue weighted by molar-refractivity contribution is -0.177. The number of β-lactam (4-membered cyclic amide) rings is 1. The number of carbonyl (C=O) groups excluding carboxylic acids is 1. The first kappa shape index (κ1) is 15.5. The van der Waals surface area contributed by atoms with Crippen LogP contribution in [0.25, 0.3) is 0 Å². The number of hydrogen-bond donors (Lipinski definition) is 0. The van der Waals surface area contributed by atoms with E-state index >= 15 is 0 Å². The first-order chi connectivity index (χ1) is 11.6. The zero-order valence-corrected chi connectivity index (χ0v) is 14.4. The van der Waals surface area contributed by atoms with Crippen molar-refractivity contribution in [3.63, 3.8) is 0 Å². The van der Waals surface area contributed by atoms with Crippen LogP contribution < -0.4 is 0 Å². The van der Waals surface area contributed by atoms with Crippen molar-refractivity contribution in [2.45, 2.75) is 32.4 Å². The molecule has 0 unspecified atom stereocenters. The van der Waals surface area contributed by atoms with Crippen molar-refractivity contribution in [2.24, 2.45) is 5.41 Å². The van der Waals surface area contributed by atoms with Crippen molar-refractivity contribution < 1.29 is 9.21 Å². The van der Waals surface area contributed by atoms with Gasteiger partial charge in [0.05, 0.1) is 18.0 Å². The maximum absolute atomic E-state index is 12.7. The summed E-state index contributed by atoms with van der Waals surface area (Å²) < 4.78 is 5.69. The normalized spacial score (nSPS) is 23.5. The van der Waals surface area contributed by atoms with Gasteiger partial charge in [0.15, 0.2) is 0 Å². The van der Waals surface area contributed by atoms with Crippen LogP contribution in [0.15, 0.2) is 46.9 Å². The van der Waals surface area contributed by atoms with Crippen molar-refractivity contribution in [2.75, 3.05) is 20.1 Å². The molecule has 0 bridgehead atoms. The Morgan fingerprint density at radius 2 is 1.83 bits per heavy atom. The standard InChI is InChI=1S/C20H24N2O2/c1-15-8-9-17(24-15)14-22-12-10-20(11-13-22)18(21(2)19(20)23)16-6-4-3-5-7-16/h3-9,18H,10-14H2,1-2H3/t18-/m0/s1. The third-order valence-electron chi connectivity index (χ3n) is 5.70. The molecule has 2 aliphatic heterocycles. The van der Waals surface area contributed by atoms with Gasteiger partial charge in [-0.1, -0.05) is 30.3 Å². The van der Waals surface area contributed by atoms with E-state index < -0.39 is 0 Å². The van der Waals surface area contributed by atoms with Crippen LogP contribution in [0.4, 0.5) is 0 Å². The van der Waals surface area contributed by atoms with Crippen LogP contribution in [-0.4, -0.2) is 35.8 Å². The molecule has 2 saturated heterocycles. The predicted molar refractivity (Wildman–Crippen MR) is 92.3 cm³/mol. The number of benzene rings is 1. The molecular weight excluding hydrogens is 300 g/mol. The van der Waals surface area contributed by atoms with Crippen LogP contribution in [0.5, 0.6) is 0 Å². The molecule has 0 saturated carbocycles. The predicted octanol–water partition coefficient (Wildman–Crippen LogP) is 3.38. The van der Waals surface area contributed by atoms with Gasteiger partial charge in [-0.2, -0.15) is 0 Å². The van der Waals surface area contributed by atoms with E-state index in [0.29, 0.717) is 5.91 Å². The van der Waals surface area contributed by atoms with Gasteiger partial charge in [-0.05, 0) is 50.6 Å². The number of carbonyl (C=O) groups is 1. The third-order valence-corrected chi connectivity index (χ3v) is 5.70. The number of furan rings is 1. The Hall–Kier alpha value is -2.07. The molecule has 1 aromatic carbocycles. The molecule has 1 spiro atoms. The highest BCUT2D eigenvalue weighted by Gasteiger charge is 2.59. The average molecular weight is 324 g/mol. The highest BCUT2D eigenvalue weighted by atomic mass is 16.3. The first-order valence-electron chi connectivity index (χ1n) is 8.70. The van der Waals surface area contributed by atoms with Crippen LogP contribution in [0.2, 0.25) is 0 Å². The number of piperidine rings is 1. The van der Waals surface area contributed by atoms with Gasteiger partial charge in [-0.3, -0.25) is 9.69 Å². The van der Waals surface area contributed by atoms with Gasteiger partial charge >= 0.3 is 0 Å². The summed E-state index contributed by atoms with van der Waals surface area (Å²) in [4.78, 5) is 17.0. The summed E-state index contributed by atoms with van der Waals surface area (Å²) in [6.45, 7) is 4.71. The van der Waals surface area contributed by atoms with E-state index in [-0.39, 0.29) is 11.5 Å². The van der Waals surface area contributed by atoms with E-state index in [9.17, 15) is 4.79 Å². The lowest BCUT2D eigenvalue weighted by Crippen LogP contribution is -2.64. The van der Waals surface area contributed by atoms with Crippen molar-refractivity contribution in [3.05, 3.63) is 59.5 Å². The van der Waals surface area contributed by atoms with Crippen LogP contribution in [0, 0.1) is 12.3 Å². The van der Waals surface area contributed by atoms with E-state index in [1.807, 2.05) is 31.0 Å². The molecular formula is C20H24N2O2. The summed E-state index contributed by atoms with van der Waals surface area (Å²) in [5.41, 5.74) is 1.06. The fraction of sp³-hybridized carbons (Fsp3) is 0.450. The Bertz CT molecular complexity index is 729. The Labute approximate surface area is 143 Å². The second kappa shape index (κ2) is 5.78. The molecule has 1 amide bonds. The average Bonchev–Trinajstić information content (AvgIpc) is 3.02. The van der Waals surface area contributed by atoms with Crippen molar-refractivity contribution >= 4 is 5.91 Å². The summed E-state index contributed by atoms with van der Waals surface area (Å²) in [5, 5.41) is 0. The third kappa shape index (κ3) is 2.37. The van der Waals surface area contributed by atoms with E-state index in [1.54, 1.807) is 0 Å². The fourth-order valence-electron chi connectivity index (χ4n) is 4.46. The van der Waals surface area contributed by atoms with Gasteiger partial charge in [0.1, 0.15) is 11.5 Å². The summed E-state index contributed by atoms with van der Waals surface area (Å²) in [6.07, 6.45) is 1.85. The first-order valence-corrected chi connectivity index (χ1v) is 8.70. The van der Waals surface area contributed by atoms with Crippen LogP contribution >= 0.6 is 0 Å². The molecule has 4 heteroatoms. The fourth-order valence-corrected chi connectivity index (χ4v) is 4.46. The quantitative estimate of drug-likeness (QED) is 0.812. The Kier molecular flexibility index (Phi) is 3.72. The molecule has 0 radical (unpaired) electrons. The molecule has 0 aliphatic carbocycles. The van der Waals surface area contributed by atoms with E-state index in [1.165, 1.54) is 5.56 Å². The van der Waals surface area contributed by atoms with Gasteiger partial charge in [0.2, 0.25) is 5.91 Å². The van der Waals surface area contributed by atoms with Crippen molar-refractivity contribution in [1.29, 1.82) is 0 Å². The largest absolute Gasteiger partial charge is 0.465 e. The topological polar surface area (TPSA) is 36.7 Å². The maximum atomic E-state index is 12.7. The second-order valence-electron chi connectivity index (χ2n) is 7.17. The van der Waals surface area contributed by atoms with Gasteiger partial charge in [0.25, 0.3) is 0 Å². The zero-order chi connectivity index (χ0) is 16.7. The molecule has 4 rings (SSSR count). The molecule has 4 nitrogen and oxygen atoms in total. The Morgan fingerprint density at radius 3 is 2.46 bits per heavy atom. The Balaban J connectivity index is 1.47. The monoisotopic (exact) mass is 324 g/mol. The Morgan fingerprint density at radius 1 is 1.12 bits per heavy atom. The van der Waals surface area contributed by atoms with E-state index in [4.69, 9.17) is 4.42 Å². The van der Waals surface area contributed by atoms with Gasteiger partial charge in [-0.15, -0.1) is 0 Å². The van der Waals surface area contributed by atoms with Crippen molar-refractivity contribution in [3.8, 4) is 0 Å². The lowest BCUT2D eigenvalue weighted by Gasteiger charge is -2.58. The number of likely N-dealkylation sites (tertiary alicyclic amines) is 2. The number of rotatable bonds is 3. The number of amides is 1. The van der Waals surface area contributed by atoms with Crippen molar-refractivity contribution in [1.82, 2.24) is 9.80 Å². The summed E-state index contributed by atoms with van der Waals surface area (Å²) in [5.74, 6) is 2.28. The van der Waals surface area contributed by atoms with Crippen LogP contribution in [-0.2, 0) is 11.3 Å². The molecule has 1 aromatic heterocycles. The SMILES string of the molecule is Cc1ccc(CN2CCC3(CC2)C(=O)N(C)[C@H]3c2ccccc2)o1. The minimum atomic E-state index is -0.203. The molecule has 24 heavy (non-hydrogen) atoms. The summed E-state index contributed by atoms with van der Waals surface area (Å²) in [7, 11) is 1.93. The van der Waals surface area contributed by atoms with E-state index in [0.717, 1.165) is 44.0 Å². The van der Waals surface area contributed by atoms with Gasteiger partial charge in [-0.25, -0.2) is 0 Å². The zero-order valence-electron chi connectivity index (χ0n) is 14.4. The van der Waals surface area contributed by atoms with Gasteiger partial charge in [0, 0.05) is 7.05 Å². The minimum Gasteiger partial charge on any atom is -0.465 e. The number of aryl methyl sites for hydroxylation is 1. The second-order valence-corrected chi connectivity index (χ2v) is 7.17. The summed E-state index contributed by atoms with van der Waals surface area (Å²) >= 11 is 0. The highest BCUT2D eigenvalue weighted by molar-refractivity contribution is 5.90. The molecule has 2 aromatic rings. The molecule has 2 fully saturated rings. The van der Waals surface area contributed by atoms with Crippen LogP contribution in [0.1, 0.15) is 36.0 Å². The molecule has 2 aliphatic rings. The number of hydrogen-bond acceptors (Lipinski definition) is 3. The lowest BCUT2D eigenvalue weighted by atomic mass is 9.62. The molecule has 126 valence electrons. The summed E-state index contributed by atoms with van der Waals surface area (Å²) in [6, 6.07) is 14.7. The highest BCUT2D eigenvalue weighted by Crippen LogP contribution is 2.55.